The van der Waals surface area contributed by atoms with E-state index < -0.39 is 0 Å². The number of benzene rings is 1. The molecule has 4 heterocycles. The number of H-pyrrole nitrogens is 1. The summed E-state index contributed by atoms with van der Waals surface area (Å²) in [5.74, 6) is 2.47. The Labute approximate surface area is 173 Å². The lowest BCUT2D eigenvalue weighted by Crippen LogP contribution is -2.32. The minimum absolute atomic E-state index is 0.313. The van der Waals surface area contributed by atoms with E-state index in [2.05, 4.69) is 25.2 Å². The van der Waals surface area contributed by atoms with Gasteiger partial charge in [-0.25, -0.2) is 9.97 Å². The van der Waals surface area contributed by atoms with Crippen molar-refractivity contribution in [1.29, 1.82) is 0 Å². The minimum Gasteiger partial charge on any atom is -0.494 e. The van der Waals surface area contributed by atoms with Gasteiger partial charge in [-0.15, -0.1) is 5.10 Å². The number of hydrogen-bond acceptors (Lipinski definition) is 7. The van der Waals surface area contributed by atoms with Crippen molar-refractivity contribution in [2.24, 2.45) is 0 Å². The van der Waals surface area contributed by atoms with E-state index in [1.165, 1.54) is 29.8 Å². The molecule has 1 saturated carbocycles. The standard InChI is InChI=1S/C21H24N8O/c1-30-16-4-2-3-14-19(16)24-21(22)29-20(14)23-17(27-29)8-10-28-9-7-13-15(11-28)25-26-18(13)12-5-6-12/h2-4,12H,5-11H2,1H3,(H2,22,24)(H,25,26). The fourth-order valence-electron chi connectivity index (χ4n) is 4.48. The molecule has 9 nitrogen and oxygen atoms in total. The van der Waals surface area contributed by atoms with Crippen molar-refractivity contribution >= 4 is 22.5 Å². The lowest BCUT2D eigenvalue weighted by Gasteiger charge is -2.26. The second-order valence-corrected chi connectivity index (χ2v) is 8.21. The molecule has 3 aromatic heterocycles. The Morgan fingerprint density at radius 3 is 3.00 bits per heavy atom. The van der Waals surface area contributed by atoms with Gasteiger partial charge in [-0.2, -0.15) is 9.61 Å². The first-order valence-corrected chi connectivity index (χ1v) is 10.5. The number of hydrogen-bond donors (Lipinski definition) is 2. The zero-order valence-corrected chi connectivity index (χ0v) is 16.9. The molecule has 1 aliphatic carbocycles. The summed E-state index contributed by atoms with van der Waals surface area (Å²) in [6.45, 7) is 2.85. The van der Waals surface area contributed by atoms with Crippen LogP contribution in [0.5, 0.6) is 5.75 Å². The van der Waals surface area contributed by atoms with Gasteiger partial charge in [0.25, 0.3) is 0 Å². The summed E-state index contributed by atoms with van der Waals surface area (Å²) >= 11 is 0. The van der Waals surface area contributed by atoms with Crippen LogP contribution in [-0.2, 0) is 19.4 Å². The van der Waals surface area contributed by atoms with E-state index >= 15 is 0 Å². The Morgan fingerprint density at radius 1 is 1.27 bits per heavy atom. The van der Waals surface area contributed by atoms with E-state index in [1.54, 1.807) is 11.6 Å². The molecule has 154 valence electrons. The van der Waals surface area contributed by atoms with Gasteiger partial charge in [0.1, 0.15) is 11.3 Å². The van der Waals surface area contributed by atoms with Crippen molar-refractivity contribution in [3.8, 4) is 5.75 Å². The van der Waals surface area contributed by atoms with Crippen molar-refractivity contribution in [3.63, 3.8) is 0 Å². The zero-order chi connectivity index (χ0) is 20.2. The van der Waals surface area contributed by atoms with Crippen LogP contribution >= 0.6 is 0 Å². The van der Waals surface area contributed by atoms with Gasteiger partial charge >= 0.3 is 0 Å². The predicted molar refractivity (Wildman–Crippen MR) is 113 cm³/mol. The Balaban J connectivity index is 1.23. The number of ether oxygens (including phenoxy) is 1. The van der Waals surface area contributed by atoms with Gasteiger partial charge in [-0.05, 0) is 37.0 Å². The third-order valence-corrected chi connectivity index (χ3v) is 6.21. The van der Waals surface area contributed by atoms with Crippen LogP contribution in [0.1, 0.15) is 41.5 Å². The molecule has 0 bridgehead atoms. The van der Waals surface area contributed by atoms with Gasteiger partial charge in [0, 0.05) is 37.4 Å². The van der Waals surface area contributed by atoms with Gasteiger partial charge in [0.2, 0.25) is 5.95 Å². The van der Waals surface area contributed by atoms with Gasteiger partial charge in [0.05, 0.1) is 18.5 Å². The monoisotopic (exact) mass is 404 g/mol. The number of nitrogens with zero attached hydrogens (tertiary/aromatic N) is 6. The summed E-state index contributed by atoms with van der Waals surface area (Å²) in [4.78, 5) is 11.7. The third kappa shape index (κ3) is 2.80. The van der Waals surface area contributed by atoms with Gasteiger partial charge in [-0.3, -0.25) is 10.00 Å². The maximum Gasteiger partial charge on any atom is 0.223 e. The van der Waals surface area contributed by atoms with Crippen LogP contribution in [-0.4, -0.2) is 54.9 Å². The fraction of sp³-hybridized carbons (Fsp3) is 0.429. The van der Waals surface area contributed by atoms with Crippen molar-refractivity contribution in [2.45, 2.75) is 38.1 Å². The van der Waals surface area contributed by atoms with Gasteiger partial charge in [-0.1, -0.05) is 6.07 Å². The zero-order valence-electron chi connectivity index (χ0n) is 16.9. The number of aromatic nitrogens is 6. The highest BCUT2D eigenvalue weighted by Gasteiger charge is 2.32. The molecule has 1 aliphatic heterocycles. The quantitative estimate of drug-likeness (QED) is 0.524. The molecule has 0 unspecified atom stereocenters. The van der Waals surface area contributed by atoms with E-state index in [4.69, 9.17) is 15.5 Å². The molecule has 1 fully saturated rings. The van der Waals surface area contributed by atoms with Crippen LogP contribution in [0.25, 0.3) is 16.6 Å². The summed E-state index contributed by atoms with van der Waals surface area (Å²) in [7, 11) is 1.63. The molecule has 2 aliphatic rings. The highest BCUT2D eigenvalue weighted by atomic mass is 16.5. The van der Waals surface area contributed by atoms with Crippen molar-refractivity contribution < 1.29 is 4.74 Å². The van der Waals surface area contributed by atoms with E-state index in [1.807, 2.05) is 18.2 Å². The largest absolute Gasteiger partial charge is 0.494 e. The Kier molecular flexibility index (Phi) is 3.92. The molecule has 0 spiro atoms. The van der Waals surface area contributed by atoms with Crippen LogP contribution in [0.2, 0.25) is 0 Å². The highest BCUT2D eigenvalue weighted by Crippen LogP contribution is 2.42. The van der Waals surface area contributed by atoms with Crippen LogP contribution in [0.3, 0.4) is 0 Å². The summed E-state index contributed by atoms with van der Waals surface area (Å²) in [6.07, 6.45) is 4.40. The second kappa shape index (κ2) is 6.66. The SMILES string of the molecule is COc1cccc2c1nc(N)n1nc(CCN3CCc4c(C5CC5)n[nH]c4C3)nc21. The molecule has 0 amide bonds. The highest BCUT2D eigenvalue weighted by molar-refractivity contribution is 5.95. The van der Waals surface area contributed by atoms with Crippen molar-refractivity contribution in [3.05, 3.63) is 41.0 Å². The van der Waals surface area contributed by atoms with E-state index in [0.29, 0.717) is 23.1 Å². The van der Waals surface area contributed by atoms with Gasteiger partial charge < -0.3 is 10.5 Å². The molecule has 0 saturated heterocycles. The number of methoxy groups -OCH3 is 1. The molecule has 6 rings (SSSR count). The number of nitrogens with two attached hydrogens (primary N) is 1. The molecule has 9 heteroatoms. The Hall–Kier alpha value is -3.20. The number of para-hydroxylation sites is 1. The Morgan fingerprint density at radius 2 is 2.17 bits per heavy atom. The molecular formula is C21H24N8O. The lowest BCUT2D eigenvalue weighted by atomic mass is 10.0. The molecule has 1 aromatic carbocycles. The number of anilines is 1. The van der Waals surface area contributed by atoms with Crippen LogP contribution in [0.15, 0.2) is 18.2 Å². The summed E-state index contributed by atoms with van der Waals surface area (Å²) < 4.78 is 7.05. The first kappa shape index (κ1) is 17.6. The number of fused-ring (bicyclic) bond motifs is 4. The van der Waals surface area contributed by atoms with E-state index in [9.17, 15) is 0 Å². The fourth-order valence-corrected chi connectivity index (χ4v) is 4.48. The van der Waals surface area contributed by atoms with Crippen LogP contribution in [0, 0.1) is 0 Å². The normalized spacial score (nSPS) is 17.0. The maximum atomic E-state index is 6.16. The second-order valence-electron chi connectivity index (χ2n) is 8.21. The number of nitrogens with one attached hydrogen (secondary N) is 1. The van der Waals surface area contributed by atoms with Crippen LogP contribution < -0.4 is 10.5 Å². The van der Waals surface area contributed by atoms with Crippen molar-refractivity contribution in [1.82, 2.24) is 34.7 Å². The lowest BCUT2D eigenvalue weighted by molar-refractivity contribution is 0.252. The third-order valence-electron chi connectivity index (χ3n) is 6.21. The molecule has 0 radical (unpaired) electrons. The van der Waals surface area contributed by atoms with Crippen LogP contribution in [0.4, 0.5) is 5.95 Å². The average Bonchev–Trinajstić information content (AvgIpc) is 3.36. The van der Waals surface area contributed by atoms with Crippen molar-refractivity contribution in [2.75, 3.05) is 25.9 Å². The smallest absolute Gasteiger partial charge is 0.223 e. The van der Waals surface area contributed by atoms with E-state index in [0.717, 1.165) is 49.3 Å². The summed E-state index contributed by atoms with van der Waals surface area (Å²) in [5, 5.41) is 13.4. The number of aromatic amines is 1. The minimum atomic E-state index is 0.313. The molecule has 3 N–H and O–H groups in total. The predicted octanol–water partition coefficient (Wildman–Crippen LogP) is 2.07. The first-order chi connectivity index (χ1) is 14.7. The molecule has 30 heavy (non-hydrogen) atoms. The average molecular weight is 404 g/mol. The number of nitrogen functional groups attached to an aromatic ring is 1. The maximum absolute atomic E-state index is 6.16. The van der Waals surface area contributed by atoms with E-state index in [-0.39, 0.29) is 0 Å². The molecule has 4 aromatic rings. The summed E-state index contributed by atoms with van der Waals surface area (Å²) in [6, 6.07) is 5.77. The Bertz CT molecular complexity index is 1260. The van der Waals surface area contributed by atoms with Gasteiger partial charge in [0.15, 0.2) is 11.5 Å². The summed E-state index contributed by atoms with van der Waals surface area (Å²) in [5.41, 5.74) is 11.6. The first-order valence-electron chi connectivity index (χ1n) is 10.5. The molecule has 0 atom stereocenters. The molecular weight excluding hydrogens is 380 g/mol. The number of rotatable bonds is 5. The topological polar surface area (TPSA) is 110 Å².